The number of sulfonamides is 1. The van der Waals surface area contributed by atoms with Crippen LogP contribution >= 0.6 is 11.6 Å². The Hall–Kier alpha value is -1.37. The van der Waals surface area contributed by atoms with Gasteiger partial charge in [-0.25, -0.2) is 13.1 Å². The molecular formula is C13H17ClN2O3S. The van der Waals surface area contributed by atoms with Gasteiger partial charge in [-0.05, 0) is 18.2 Å². The number of hydrogen-bond acceptors (Lipinski definition) is 3. The fourth-order valence-corrected chi connectivity index (χ4v) is 2.89. The maximum Gasteiger partial charge on any atom is 0.240 e. The quantitative estimate of drug-likeness (QED) is 0.778. The molecule has 0 radical (unpaired) electrons. The average molecular weight is 317 g/mol. The SMILES string of the molecule is C=CCN(CCNS(=O)(=O)c1cccc(Cl)c1)C(C)=O. The zero-order valence-electron chi connectivity index (χ0n) is 11.2. The number of carbonyl (C=O) groups is 1. The molecule has 1 amide bonds. The summed E-state index contributed by atoms with van der Waals surface area (Å²) in [4.78, 5) is 12.9. The highest BCUT2D eigenvalue weighted by Gasteiger charge is 2.14. The van der Waals surface area contributed by atoms with Crippen LogP contribution in [0.5, 0.6) is 0 Å². The Balaban J connectivity index is 2.64. The van der Waals surface area contributed by atoms with Gasteiger partial charge in [-0.15, -0.1) is 6.58 Å². The van der Waals surface area contributed by atoms with Crippen LogP contribution < -0.4 is 4.72 Å². The summed E-state index contributed by atoms with van der Waals surface area (Å²) in [5.41, 5.74) is 0. The summed E-state index contributed by atoms with van der Waals surface area (Å²) in [6, 6.07) is 6.00. The Bertz CT molecular complexity index is 587. The lowest BCUT2D eigenvalue weighted by Gasteiger charge is -2.19. The van der Waals surface area contributed by atoms with Crippen LogP contribution in [0.2, 0.25) is 5.02 Å². The van der Waals surface area contributed by atoms with E-state index in [1.165, 1.54) is 24.0 Å². The minimum absolute atomic E-state index is 0.100. The number of halogens is 1. The summed E-state index contributed by atoms with van der Waals surface area (Å²) >= 11 is 5.76. The summed E-state index contributed by atoms with van der Waals surface area (Å²) in [6.07, 6.45) is 1.59. The Morgan fingerprint density at radius 3 is 2.75 bits per heavy atom. The van der Waals surface area contributed by atoms with Crippen molar-refractivity contribution in [1.29, 1.82) is 0 Å². The number of amides is 1. The molecular weight excluding hydrogens is 300 g/mol. The van der Waals surface area contributed by atoms with Gasteiger partial charge in [0.05, 0.1) is 4.90 Å². The van der Waals surface area contributed by atoms with Crippen molar-refractivity contribution in [2.75, 3.05) is 19.6 Å². The van der Waals surface area contributed by atoms with Crippen LogP contribution in [0.3, 0.4) is 0 Å². The molecule has 1 aromatic rings. The van der Waals surface area contributed by atoms with Gasteiger partial charge < -0.3 is 4.90 Å². The minimum Gasteiger partial charge on any atom is -0.338 e. The Labute approximate surface area is 124 Å². The minimum atomic E-state index is -3.62. The maximum atomic E-state index is 12.0. The molecule has 0 aromatic heterocycles. The largest absolute Gasteiger partial charge is 0.338 e. The molecule has 20 heavy (non-hydrogen) atoms. The molecule has 110 valence electrons. The second-order valence-electron chi connectivity index (χ2n) is 4.11. The number of nitrogens with one attached hydrogen (secondary N) is 1. The summed E-state index contributed by atoms with van der Waals surface area (Å²) in [5.74, 6) is -0.133. The standard InChI is InChI=1S/C13H17ClN2O3S/c1-3-8-16(11(2)17)9-7-15-20(18,19)13-6-4-5-12(14)10-13/h3-6,10,15H,1,7-9H2,2H3. The summed E-state index contributed by atoms with van der Waals surface area (Å²) in [7, 11) is -3.62. The fourth-order valence-electron chi connectivity index (χ4n) is 1.57. The molecule has 0 saturated heterocycles. The van der Waals surface area contributed by atoms with Crippen molar-refractivity contribution in [3.63, 3.8) is 0 Å². The third-order valence-electron chi connectivity index (χ3n) is 2.57. The van der Waals surface area contributed by atoms with Crippen molar-refractivity contribution < 1.29 is 13.2 Å². The average Bonchev–Trinajstić information content (AvgIpc) is 2.37. The Kier molecular flexibility index (Phi) is 6.19. The normalized spacial score (nSPS) is 11.1. The second kappa shape index (κ2) is 7.42. The second-order valence-corrected chi connectivity index (χ2v) is 6.31. The first-order valence-electron chi connectivity index (χ1n) is 5.98. The smallest absolute Gasteiger partial charge is 0.240 e. The molecule has 7 heteroatoms. The van der Waals surface area contributed by atoms with E-state index in [-0.39, 0.29) is 23.9 Å². The molecule has 1 rings (SSSR count). The molecule has 1 aromatic carbocycles. The highest BCUT2D eigenvalue weighted by atomic mass is 35.5. The number of benzene rings is 1. The molecule has 0 saturated carbocycles. The van der Waals surface area contributed by atoms with Gasteiger partial charge in [-0.1, -0.05) is 23.7 Å². The lowest BCUT2D eigenvalue weighted by atomic mass is 10.4. The summed E-state index contributed by atoms with van der Waals surface area (Å²) < 4.78 is 26.4. The molecule has 0 bridgehead atoms. The molecule has 0 aliphatic rings. The summed E-state index contributed by atoms with van der Waals surface area (Å²) in [6.45, 7) is 5.76. The van der Waals surface area contributed by atoms with Crippen LogP contribution in [0, 0.1) is 0 Å². The molecule has 0 unspecified atom stereocenters. The number of hydrogen-bond donors (Lipinski definition) is 1. The van der Waals surface area contributed by atoms with Gasteiger partial charge >= 0.3 is 0 Å². The van der Waals surface area contributed by atoms with Gasteiger partial charge in [-0.2, -0.15) is 0 Å². The van der Waals surface area contributed by atoms with Crippen molar-refractivity contribution in [3.05, 3.63) is 41.9 Å². The van der Waals surface area contributed by atoms with Gasteiger partial charge in [0.1, 0.15) is 0 Å². The third kappa shape index (κ3) is 4.96. The van der Waals surface area contributed by atoms with Gasteiger partial charge in [-0.3, -0.25) is 4.79 Å². The van der Waals surface area contributed by atoms with Crippen molar-refractivity contribution in [2.24, 2.45) is 0 Å². The van der Waals surface area contributed by atoms with E-state index >= 15 is 0 Å². The van der Waals surface area contributed by atoms with Gasteiger partial charge in [0.15, 0.2) is 0 Å². The van der Waals surface area contributed by atoms with Crippen molar-refractivity contribution >= 4 is 27.5 Å². The molecule has 5 nitrogen and oxygen atoms in total. The molecule has 1 N–H and O–H groups in total. The van der Waals surface area contributed by atoms with E-state index in [9.17, 15) is 13.2 Å². The molecule has 0 fully saturated rings. The topological polar surface area (TPSA) is 66.5 Å². The van der Waals surface area contributed by atoms with Gasteiger partial charge in [0.25, 0.3) is 0 Å². The van der Waals surface area contributed by atoms with E-state index in [4.69, 9.17) is 11.6 Å². The molecule has 0 aliphatic heterocycles. The number of carbonyl (C=O) groups excluding carboxylic acids is 1. The maximum absolute atomic E-state index is 12.0. The lowest BCUT2D eigenvalue weighted by molar-refractivity contribution is -0.128. The molecule has 0 atom stereocenters. The zero-order chi connectivity index (χ0) is 15.2. The van der Waals surface area contributed by atoms with Crippen molar-refractivity contribution in [3.8, 4) is 0 Å². The van der Waals surface area contributed by atoms with E-state index < -0.39 is 10.0 Å². The van der Waals surface area contributed by atoms with Crippen molar-refractivity contribution in [1.82, 2.24) is 9.62 Å². The Morgan fingerprint density at radius 1 is 1.50 bits per heavy atom. The van der Waals surface area contributed by atoms with E-state index in [1.807, 2.05) is 0 Å². The first-order valence-corrected chi connectivity index (χ1v) is 7.84. The van der Waals surface area contributed by atoms with Crippen LogP contribution in [-0.2, 0) is 14.8 Å². The molecule has 0 spiro atoms. The summed E-state index contributed by atoms with van der Waals surface area (Å²) in [5, 5.41) is 0.352. The van der Waals surface area contributed by atoms with Crippen LogP contribution in [0.4, 0.5) is 0 Å². The van der Waals surface area contributed by atoms with E-state index in [2.05, 4.69) is 11.3 Å². The Morgan fingerprint density at radius 2 is 2.20 bits per heavy atom. The monoisotopic (exact) mass is 316 g/mol. The fraction of sp³-hybridized carbons (Fsp3) is 0.308. The number of nitrogens with zero attached hydrogens (tertiary/aromatic N) is 1. The van der Waals surface area contributed by atoms with E-state index in [1.54, 1.807) is 18.2 Å². The highest BCUT2D eigenvalue weighted by Crippen LogP contribution is 2.14. The van der Waals surface area contributed by atoms with Crippen LogP contribution in [-0.4, -0.2) is 38.9 Å². The van der Waals surface area contributed by atoms with E-state index in [0.29, 0.717) is 11.6 Å². The molecule has 0 heterocycles. The van der Waals surface area contributed by atoms with Crippen molar-refractivity contribution in [2.45, 2.75) is 11.8 Å². The first-order chi connectivity index (χ1) is 9.36. The third-order valence-corrected chi connectivity index (χ3v) is 4.27. The molecule has 0 aliphatic carbocycles. The zero-order valence-corrected chi connectivity index (χ0v) is 12.7. The predicted octanol–water partition coefficient (Wildman–Crippen LogP) is 1.65. The van der Waals surface area contributed by atoms with E-state index in [0.717, 1.165) is 0 Å². The van der Waals surface area contributed by atoms with Crippen LogP contribution in [0.25, 0.3) is 0 Å². The first kappa shape index (κ1) is 16.7. The number of rotatable bonds is 7. The highest BCUT2D eigenvalue weighted by molar-refractivity contribution is 7.89. The predicted molar refractivity (Wildman–Crippen MR) is 79.1 cm³/mol. The van der Waals surface area contributed by atoms with Gasteiger partial charge in [0, 0.05) is 31.6 Å². The van der Waals surface area contributed by atoms with Gasteiger partial charge in [0.2, 0.25) is 15.9 Å². The lowest BCUT2D eigenvalue weighted by Crippen LogP contribution is -2.37. The van der Waals surface area contributed by atoms with Crippen LogP contribution in [0.15, 0.2) is 41.8 Å². The van der Waals surface area contributed by atoms with Crippen LogP contribution in [0.1, 0.15) is 6.92 Å².